The number of hydrogen-bond acceptors (Lipinski definition) is 4. The molecule has 0 saturated carbocycles. The van der Waals surface area contributed by atoms with Crippen molar-refractivity contribution in [2.45, 2.75) is 46.0 Å². The molecule has 0 aliphatic rings. The summed E-state index contributed by atoms with van der Waals surface area (Å²) in [4.78, 5) is 23.5. The standard InChI is InChI=1S/C24H27N3O2/c1-17-4-6-19(7-5-17)10-13-22(29)14-15-23-25-26-24(27(23)3)21-11-8-20(9-12-21)16-18(2)28/h4-9,11-12H,10,13-16H2,1-3H3. The molecule has 5 heteroatoms. The first-order valence-corrected chi connectivity index (χ1v) is 9.96. The zero-order valence-corrected chi connectivity index (χ0v) is 17.3. The Morgan fingerprint density at radius 2 is 1.48 bits per heavy atom. The Morgan fingerprint density at radius 1 is 0.862 bits per heavy atom. The van der Waals surface area contributed by atoms with E-state index in [9.17, 15) is 9.59 Å². The Labute approximate surface area is 171 Å². The van der Waals surface area contributed by atoms with E-state index < -0.39 is 0 Å². The van der Waals surface area contributed by atoms with Crippen molar-refractivity contribution in [1.82, 2.24) is 14.8 Å². The van der Waals surface area contributed by atoms with E-state index in [0.29, 0.717) is 25.7 Å². The summed E-state index contributed by atoms with van der Waals surface area (Å²) in [6.07, 6.45) is 2.81. The third-order valence-electron chi connectivity index (χ3n) is 5.07. The second-order valence-corrected chi connectivity index (χ2v) is 7.60. The van der Waals surface area contributed by atoms with Gasteiger partial charge >= 0.3 is 0 Å². The largest absolute Gasteiger partial charge is 0.314 e. The molecule has 0 radical (unpaired) electrons. The van der Waals surface area contributed by atoms with Crippen LogP contribution >= 0.6 is 0 Å². The Bertz CT molecular complexity index is 986. The number of carbonyl (C=O) groups excluding carboxylic acids is 2. The van der Waals surface area contributed by atoms with Crippen LogP contribution in [0.2, 0.25) is 0 Å². The van der Waals surface area contributed by atoms with Crippen molar-refractivity contribution in [3.05, 3.63) is 71.0 Å². The summed E-state index contributed by atoms with van der Waals surface area (Å²) in [6, 6.07) is 16.1. The Balaban J connectivity index is 1.55. The summed E-state index contributed by atoms with van der Waals surface area (Å²) in [5.74, 6) is 1.95. The lowest BCUT2D eigenvalue weighted by atomic mass is 10.0. The maximum Gasteiger partial charge on any atom is 0.163 e. The highest BCUT2D eigenvalue weighted by molar-refractivity contribution is 5.79. The number of aromatic nitrogens is 3. The van der Waals surface area contributed by atoms with E-state index in [1.54, 1.807) is 6.92 Å². The zero-order valence-electron chi connectivity index (χ0n) is 17.3. The SMILES string of the molecule is CC(=O)Cc1ccc(-c2nnc(CCC(=O)CCc3ccc(C)cc3)n2C)cc1. The van der Waals surface area contributed by atoms with Crippen LogP contribution in [-0.2, 0) is 35.9 Å². The van der Waals surface area contributed by atoms with Gasteiger partial charge in [-0.25, -0.2) is 0 Å². The maximum absolute atomic E-state index is 12.3. The molecule has 0 atom stereocenters. The number of hydrogen-bond donors (Lipinski definition) is 0. The summed E-state index contributed by atoms with van der Waals surface area (Å²) < 4.78 is 1.94. The van der Waals surface area contributed by atoms with Gasteiger partial charge in [-0.15, -0.1) is 10.2 Å². The number of aryl methyl sites for hydroxylation is 3. The van der Waals surface area contributed by atoms with Crippen LogP contribution in [0, 0.1) is 6.92 Å². The predicted octanol–water partition coefficient (Wildman–Crippen LogP) is 4.06. The minimum atomic E-state index is 0.144. The lowest BCUT2D eigenvalue weighted by Crippen LogP contribution is -2.06. The molecule has 5 nitrogen and oxygen atoms in total. The van der Waals surface area contributed by atoms with Gasteiger partial charge in [-0.05, 0) is 31.4 Å². The number of rotatable bonds is 9. The molecule has 2 aromatic carbocycles. The number of benzene rings is 2. The number of Topliss-reactive ketones (excluding diaryl/α,β-unsaturated/α-hetero) is 2. The van der Waals surface area contributed by atoms with Crippen LogP contribution in [0.1, 0.15) is 42.3 Å². The first-order chi connectivity index (χ1) is 13.9. The van der Waals surface area contributed by atoms with Crippen molar-refractivity contribution in [1.29, 1.82) is 0 Å². The Morgan fingerprint density at radius 3 is 2.14 bits per heavy atom. The molecule has 0 bridgehead atoms. The monoisotopic (exact) mass is 389 g/mol. The Kier molecular flexibility index (Phi) is 6.70. The number of ketones is 2. The molecule has 3 rings (SSSR count). The third kappa shape index (κ3) is 5.70. The molecule has 1 aromatic heterocycles. The van der Waals surface area contributed by atoms with Crippen LogP contribution in [-0.4, -0.2) is 26.3 Å². The summed E-state index contributed by atoms with van der Waals surface area (Å²) in [5.41, 5.74) is 4.36. The minimum absolute atomic E-state index is 0.144. The molecular formula is C24H27N3O2. The molecule has 150 valence electrons. The third-order valence-corrected chi connectivity index (χ3v) is 5.07. The van der Waals surface area contributed by atoms with Crippen LogP contribution in [0.5, 0.6) is 0 Å². The number of nitrogens with zero attached hydrogens (tertiary/aromatic N) is 3. The van der Waals surface area contributed by atoms with Gasteiger partial charge in [0.25, 0.3) is 0 Å². The van der Waals surface area contributed by atoms with Crippen LogP contribution in [0.15, 0.2) is 48.5 Å². The normalized spacial score (nSPS) is 10.9. The highest BCUT2D eigenvalue weighted by Crippen LogP contribution is 2.19. The first kappa shape index (κ1) is 20.6. The molecular weight excluding hydrogens is 362 g/mol. The zero-order chi connectivity index (χ0) is 20.8. The van der Waals surface area contributed by atoms with E-state index in [-0.39, 0.29) is 11.6 Å². The Hall–Kier alpha value is -3.08. The second-order valence-electron chi connectivity index (χ2n) is 7.60. The fraction of sp³-hybridized carbons (Fsp3) is 0.333. The van der Waals surface area contributed by atoms with E-state index in [0.717, 1.165) is 29.2 Å². The lowest BCUT2D eigenvalue weighted by molar-refractivity contribution is -0.119. The van der Waals surface area contributed by atoms with Gasteiger partial charge in [-0.3, -0.25) is 9.59 Å². The van der Waals surface area contributed by atoms with Crippen molar-refractivity contribution in [3.63, 3.8) is 0 Å². The summed E-state index contributed by atoms with van der Waals surface area (Å²) in [6.45, 7) is 3.65. The van der Waals surface area contributed by atoms with E-state index in [1.807, 2.05) is 35.9 Å². The molecule has 0 spiro atoms. The van der Waals surface area contributed by atoms with E-state index in [4.69, 9.17) is 0 Å². The van der Waals surface area contributed by atoms with Crippen molar-refractivity contribution in [2.75, 3.05) is 0 Å². The van der Waals surface area contributed by atoms with E-state index in [2.05, 4.69) is 41.4 Å². The second kappa shape index (κ2) is 9.41. The van der Waals surface area contributed by atoms with Gasteiger partial charge in [0.2, 0.25) is 0 Å². The molecule has 29 heavy (non-hydrogen) atoms. The van der Waals surface area contributed by atoms with Crippen molar-refractivity contribution < 1.29 is 9.59 Å². The minimum Gasteiger partial charge on any atom is -0.314 e. The van der Waals surface area contributed by atoms with Crippen molar-refractivity contribution in [3.8, 4) is 11.4 Å². The molecule has 0 N–H and O–H groups in total. The van der Waals surface area contributed by atoms with Crippen LogP contribution in [0.3, 0.4) is 0 Å². The van der Waals surface area contributed by atoms with Crippen LogP contribution in [0.4, 0.5) is 0 Å². The topological polar surface area (TPSA) is 64.8 Å². The molecule has 0 aliphatic carbocycles. The fourth-order valence-corrected chi connectivity index (χ4v) is 3.30. The quantitative estimate of drug-likeness (QED) is 0.554. The van der Waals surface area contributed by atoms with Gasteiger partial charge in [0.1, 0.15) is 17.4 Å². The smallest absolute Gasteiger partial charge is 0.163 e. The molecule has 0 fully saturated rings. The average molecular weight is 389 g/mol. The molecule has 0 unspecified atom stereocenters. The molecule has 1 heterocycles. The average Bonchev–Trinajstić information content (AvgIpc) is 3.06. The molecule has 3 aromatic rings. The molecule has 0 aliphatic heterocycles. The van der Waals surface area contributed by atoms with E-state index in [1.165, 1.54) is 11.1 Å². The highest BCUT2D eigenvalue weighted by atomic mass is 16.1. The number of carbonyl (C=O) groups is 2. The molecule has 0 amide bonds. The van der Waals surface area contributed by atoms with Gasteiger partial charge < -0.3 is 4.57 Å². The van der Waals surface area contributed by atoms with E-state index >= 15 is 0 Å². The van der Waals surface area contributed by atoms with Gasteiger partial charge in [-0.1, -0.05) is 54.1 Å². The first-order valence-electron chi connectivity index (χ1n) is 9.96. The van der Waals surface area contributed by atoms with Crippen molar-refractivity contribution >= 4 is 11.6 Å². The predicted molar refractivity (Wildman–Crippen MR) is 114 cm³/mol. The van der Waals surface area contributed by atoms with Gasteiger partial charge in [0.05, 0.1) is 0 Å². The van der Waals surface area contributed by atoms with Crippen molar-refractivity contribution in [2.24, 2.45) is 7.05 Å². The van der Waals surface area contributed by atoms with Crippen LogP contribution < -0.4 is 0 Å². The summed E-state index contributed by atoms with van der Waals surface area (Å²) in [7, 11) is 1.92. The van der Waals surface area contributed by atoms with Crippen LogP contribution in [0.25, 0.3) is 11.4 Å². The summed E-state index contributed by atoms with van der Waals surface area (Å²) in [5, 5.41) is 8.56. The highest BCUT2D eigenvalue weighted by Gasteiger charge is 2.13. The summed E-state index contributed by atoms with van der Waals surface area (Å²) >= 11 is 0. The maximum atomic E-state index is 12.3. The fourth-order valence-electron chi connectivity index (χ4n) is 3.30. The van der Waals surface area contributed by atoms with Gasteiger partial charge in [-0.2, -0.15) is 0 Å². The van der Waals surface area contributed by atoms with Gasteiger partial charge in [0, 0.05) is 38.3 Å². The van der Waals surface area contributed by atoms with Gasteiger partial charge in [0.15, 0.2) is 5.82 Å². The lowest BCUT2D eigenvalue weighted by Gasteiger charge is -2.05. The molecule has 0 saturated heterocycles.